The predicted octanol–water partition coefficient (Wildman–Crippen LogP) is 3.43. The van der Waals surface area contributed by atoms with Crippen LogP contribution >= 0.6 is 0 Å². The highest BCUT2D eigenvalue weighted by Crippen LogP contribution is 2.26. The fourth-order valence-electron chi connectivity index (χ4n) is 3.03. The van der Waals surface area contributed by atoms with Crippen LogP contribution in [0.5, 0.6) is 0 Å². The second kappa shape index (κ2) is 5.70. The van der Waals surface area contributed by atoms with E-state index in [2.05, 4.69) is 59.3 Å². The standard InChI is InChI=1S/C17H23N3/c1-3-14-11-16(20(4-2)19-14)12-15-10-9-13-7-5-6-8-17(13)18-15/h5-8,11,15,18H,3-4,9-10,12H2,1-2H3. The molecule has 3 nitrogen and oxygen atoms in total. The van der Waals surface area contributed by atoms with Crippen LogP contribution in [-0.4, -0.2) is 15.8 Å². The third-order valence-electron chi connectivity index (χ3n) is 4.17. The summed E-state index contributed by atoms with van der Waals surface area (Å²) >= 11 is 0. The Labute approximate surface area is 121 Å². The average molecular weight is 269 g/mol. The molecule has 1 aliphatic rings. The number of rotatable bonds is 4. The fraction of sp³-hybridized carbons (Fsp3) is 0.471. The second-order valence-electron chi connectivity index (χ2n) is 5.54. The van der Waals surface area contributed by atoms with Gasteiger partial charge >= 0.3 is 0 Å². The molecule has 1 aromatic carbocycles. The maximum Gasteiger partial charge on any atom is 0.0624 e. The molecule has 1 aromatic heterocycles. The van der Waals surface area contributed by atoms with Gasteiger partial charge in [-0.3, -0.25) is 4.68 Å². The van der Waals surface area contributed by atoms with Gasteiger partial charge in [0.2, 0.25) is 0 Å². The minimum Gasteiger partial charge on any atom is -0.382 e. The molecule has 0 fully saturated rings. The Hall–Kier alpha value is -1.77. The van der Waals surface area contributed by atoms with Crippen molar-refractivity contribution in [1.29, 1.82) is 0 Å². The summed E-state index contributed by atoms with van der Waals surface area (Å²) in [6.07, 6.45) is 4.46. The first-order chi connectivity index (χ1) is 9.80. The smallest absolute Gasteiger partial charge is 0.0624 e. The number of nitrogens with one attached hydrogen (secondary N) is 1. The van der Waals surface area contributed by atoms with Crippen molar-refractivity contribution >= 4 is 5.69 Å². The molecule has 2 aromatic rings. The van der Waals surface area contributed by atoms with Gasteiger partial charge in [0.15, 0.2) is 0 Å². The first kappa shape index (κ1) is 13.2. The summed E-state index contributed by atoms with van der Waals surface area (Å²) < 4.78 is 2.15. The predicted molar refractivity (Wildman–Crippen MR) is 83.2 cm³/mol. The summed E-state index contributed by atoms with van der Waals surface area (Å²) in [7, 11) is 0. The molecule has 2 heterocycles. The maximum atomic E-state index is 4.65. The molecule has 1 unspecified atom stereocenters. The highest BCUT2D eigenvalue weighted by atomic mass is 15.3. The molecular formula is C17H23N3. The number of anilines is 1. The summed E-state index contributed by atoms with van der Waals surface area (Å²) in [5.74, 6) is 0. The van der Waals surface area contributed by atoms with E-state index in [9.17, 15) is 0 Å². The topological polar surface area (TPSA) is 29.9 Å². The van der Waals surface area contributed by atoms with Crippen molar-refractivity contribution in [3.05, 3.63) is 47.3 Å². The van der Waals surface area contributed by atoms with Crippen LogP contribution in [0.1, 0.15) is 37.2 Å². The van der Waals surface area contributed by atoms with Crippen LogP contribution in [0.15, 0.2) is 30.3 Å². The lowest BCUT2D eigenvalue weighted by molar-refractivity contribution is 0.564. The van der Waals surface area contributed by atoms with E-state index >= 15 is 0 Å². The van der Waals surface area contributed by atoms with Crippen molar-refractivity contribution in [2.75, 3.05) is 5.32 Å². The van der Waals surface area contributed by atoms with E-state index in [0.29, 0.717) is 6.04 Å². The molecule has 0 saturated heterocycles. The largest absolute Gasteiger partial charge is 0.382 e. The van der Waals surface area contributed by atoms with Gasteiger partial charge in [-0.05, 0) is 43.9 Å². The molecule has 1 N–H and O–H groups in total. The van der Waals surface area contributed by atoms with Gasteiger partial charge in [0.25, 0.3) is 0 Å². The number of hydrogen-bond acceptors (Lipinski definition) is 2. The summed E-state index contributed by atoms with van der Waals surface area (Å²) in [6.45, 7) is 5.29. The lowest BCUT2D eigenvalue weighted by Gasteiger charge is -2.27. The average Bonchev–Trinajstić information content (AvgIpc) is 2.89. The quantitative estimate of drug-likeness (QED) is 0.921. The van der Waals surface area contributed by atoms with E-state index < -0.39 is 0 Å². The molecular weight excluding hydrogens is 246 g/mol. The molecule has 0 spiro atoms. The highest BCUT2D eigenvalue weighted by molar-refractivity contribution is 5.53. The van der Waals surface area contributed by atoms with Gasteiger partial charge in [0.05, 0.1) is 5.69 Å². The van der Waals surface area contributed by atoms with E-state index in [1.54, 1.807) is 0 Å². The first-order valence-electron chi connectivity index (χ1n) is 7.70. The van der Waals surface area contributed by atoms with Crippen molar-refractivity contribution in [2.24, 2.45) is 0 Å². The van der Waals surface area contributed by atoms with Crippen molar-refractivity contribution in [3.63, 3.8) is 0 Å². The molecule has 20 heavy (non-hydrogen) atoms. The zero-order chi connectivity index (χ0) is 13.9. The lowest BCUT2D eigenvalue weighted by Crippen LogP contribution is -2.28. The monoisotopic (exact) mass is 269 g/mol. The number of benzene rings is 1. The van der Waals surface area contributed by atoms with E-state index in [1.165, 1.54) is 35.5 Å². The van der Waals surface area contributed by atoms with Crippen LogP contribution in [-0.2, 0) is 25.8 Å². The summed E-state index contributed by atoms with van der Waals surface area (Å²) in [6, 6.07) is 11.4. The van der Waals surface area contributed by atoms with Gasteiger partial charge in [-0.1, -0.05) is 25.1 Å². The van der Waals surface area contributed by atoms with E-state index in [0.717, 1.165) is 19.4 Å². The lowest BCUT2D eigenvalue weighted by atomic mass is 9.95. The van der Waals surface area contributed by atoms with Gasteiger partial charge in [-0.15, -0.1) is 0 Å². The van der Waals surface area contributed by atoms with E-state index in [4.69, 9.17) is 0 Å². The third kappa shape index (κ3) is 2.58. The van der Waals surface area contributed by atoms with Crippen LogP contribution < -0.4 is 5.32 Å². The Balaban J connectivity index is 1.75. The number of para-hydroxylation sites is 1. The number of aryl methyl sites for hydroxylation is 3. The minimum absolute atomic E-state index is 0.525. The van der Waals surface area contributed by atoms with Crippen LogP contribution in [0, 0.1) is 0 Å². The van der Waals surface area contributed by atoms with Crippen molar-refractivity contribution in [3.8, 4) is 0 Å². The Morgan fingerprint density at radius 1 is 1.30 bits per heavy atom. The van der Waals surface area contributed by atoms with Crippen molar-refractivity contribution in [1.82, 2.24) is 9.78 Å². The number of hydrogen-bond donors (Lipinski definition) is 1. The summed E-state index contributed by atoms with van der Waals surface area (Å²) in [4.78, 5) is 0. The molecule has 106 valence electrons. The zero-order valence-electron chi connectivity index (χ0n) is 12.4. The minimum atomic E-state index is 0.525. The highest BCUT2D eigenvalue weighted by Gasteiger charge is 2.19. The molecule has 0 bridgehead atoms. The van der Waals surface area contributed by atoms with Crippen LogP contribution in [0.25, 0.3) is 0 Å². The Morgan fingerprint density at radius 2 is 2.15 bits per heavy atom. The van der Waals surface area contributed by atoms with Gasteiger partial charge < -0.3 is 5.32 Å². The van der Waals surface area contributed by atoms with Gasteiger partial charge in [0, 0.05) is 30.4 Å². The molecule has 0 saturated carbocycles. The van der Waals surface area contributed by atoms with E-state index in [-0.39, 0.29) is 0 Å². The van der Waals surface area contributed by atoms with Gasteiger partial charge in [-0.25, -0.2) is 0 Å². The number of aromatic nitrogens is 2. The fourth-order valence-corrected chi connectivity index (χ4v) is 3.03. The van der Waals surface area contributed by atoms with Crippen LogP contribution in [0.4, 0.5) is 5.69 Å². The summed E-state index contributed by atoms with van der Waals surface area (Å²) in [5, 5.41) is 8.33. The zero-order valence-corrected chi connectivity index (χ0v) is 12.4. The molecule has 3 rings (SSSR count). The molecule has 0 radical (unpaired) electrons. The Morgan fingerprint density at radius 3 is 2.95 bits per heavy atom. The normalized spacial score (nSPS) is 17.6. The third-order valence-corrected chi connectivity index (χ3v) is 4.17. The van der Waals surface area contributed by atoms with E-state index in [1.807, 2.05) is 0 Å². The van der Waals surface area contributed by atoms with Gasteiger partial charge in [0.1, 0.15) is 0 Å². The summed E-state index contributed by atoms with van der Waals surface area (Å²) in [5.41, 5.74) is 5.32. The van der Waals surface area contributed by atoms with Crippen molar-refractivity contribution < 1.29 is 0 Å². The SMILES string of the molecule is CCc1cc(CC2CCc3ccccc3N2)n(CC)n1. The van der Waals surface area contributed by atoms with Gasteiger partial charge in [-0.2, -0.15) is 5.10 Å². The molecule has 1 aliphatic heterocycles. The molecule has 0 amide bonds. The molecule has 3 heteroatoms. The molecule has 0 aliphatic carbocycles. The number of nitrogens with zero attached hydrogens (tertiary/aromatic N) is 2. The second-order valence-corrected chi connectivity index (χ2v) is 5.54. The first-order valence-corrected chi connectivity index (χ1v) is 7.70. The maximum absolute atomic E-state index is 4.65. The Bertz CT molecular complexity index is 586. The van der Waals surface area contributed by atoms with Crippen LogP contribution in [0.3, 0.4) is 0 Å². The number of fused-ring (bicyclic) bond motifs is 1. The van der Waals surface area contributed by atoms with Crippen molar-refractivity contribution in [2.45, 2.75) is 52.1 Å². The Kier molecular flexibility index (Phi) is 3.77. The molecule has 1 atom stereocenters. The van der Waals surface area contributed by atoms with Crippen LogP contribution in [0.2, 0.25) is 0 Å².